The maximum Gasteiger partial charge on any atom is 0.292 e. The molecule has 28 heavy (non-hydrogen) atoms. The summed E-state index contributed by atoms with van der Waals surface area (Å²) in [5, 5.41) is 17.3. The molecule has 0 spiro atoms. The van der Waals surface area contributed by atoms with Crippen LogP contribution in [-0.4, -0.2) is 0 Å². The number of rotatable bonds is 4. The first-order chi connectivity index (χ1) is 13.8. The van der Waals surface area contributed by atoms with Crippen LogP contribution in [-0.2, 0) is 0 Å². The average molecular weight is 370 g/mol. The van der Waals surface area contributed by atoms with Gasteiger partial charge in [-0.3, -0.25) is 0 Å². The second-order valence-electron chi connectivity index (χ2n) is 8.52. The summed E-state index contributed by atoms with van der Waals surface area (Å²) in [6.45, 7) is 0. The Morgan fingerprint density at radius 2 is 1.21 bits per heavy atom. The fourth-order valence-electron chi connectivity index (χ4n) is 6.42. The lowest BCUT2D eigenvalue weighted by molar-refractivity contribution is 0.232. The molecule has 0 aliphatic heterocycles. The van der Waals surface area contributed by atoms with E-state index in [1.54, 1.807) is 12.5 Å². The van der Waals surface area contributed by atoms with E-state index in [0.717, 1.165) is 23.7 Å². The van der Waals surface area contributed by atoms with Gasteiger partial charge in [-0.2, -0.15) is 0 Å². The molecule has 140 valence electrons. The summed E-state index contributed by atoms with van der Waals surface area (Å²) in [6.07, 6.45) is 8.71. The molecule has 2 aromatic carbocycles. The number of hydrogen-bond donors (Lipinski definition) is 0. The molecule has 6 atom stereocenters. The van der Waals surface area contributed by atoms with E-state index in [-0.39, 0.29) is 0 Å². The average Bonchev–Trinajstić information content (AvgIpc) is 3.42. The molecule has 5 rings (SSSR count). The highest BCUT2D eigenvalue weighted by atomic mass is 16.5. The Morgan fingerprint density at radius 1 is 0.643 bits per heavy atom. The van der Waals surface area contributed by atoms with Crippen LogP contribution in [0.2, 0.25) is 0 Å². The van der Waals surface area contributed by atoms with Gasteiger partial charge in [-0.05, 0) is 96.6 Å². The Bertz CT molecular complexity index is 939. The van der Waals surface area contributed by atoms with Crippen LogP contribution in [0, 0.1) is 46.7 Å². The highest BCUT2D eigenvalue weighted by molar-refractivity contribution is 5.34. The van der Waals surface area contributed by atoms with Crippen molar-refractivity contribution in [2.45, 2.75) is 37.5 Å². The predicted molar refractivity (Wildman–Crippen MR) is 103 cm³/mol. The molecule has 4 heteroatoms. The molecule has 2 aromatic rings. The van der Waals surface area contributed by atoms with E-state index >= 15 is 0 Å². The van der Waals surface area contributed by atoms with Crippen molar-refractivity contribution in [2.24, 2.45) is 23.7 Å². The summed E-state index contributed by atoms with van der Waals surface area (Å²) in [4.78, 5) is 0. The third kappa shape index (κ3) is 2.81. The molecular weight excluding hydrogens is 348 g/mol. The minimum atomic E-state index is 0.619. The highest BCUT2D eigenvalue weighted by Crippen LogP contribution is 2.65. The smallest absolute Gasteiger partial charge is 0.292 e. The van der Waals surface area contributed by atoms with Gasteiger partial charge in [0.25, 0.3) is 12.5 Å². The van der Waals surface area contributed by atoms with Crippen molar-refractivity contribution in [3.63, 3.8) is 0 Å². The molecular formula is C24H22N2O2. The van der Waals surface area contributed by atoms with Crippen LogP contribution in [0.15, 0.2) is 48.5 Å². The molecule has 0 heterocycles. The summed E-state index contributed by atoms with van der Waals surface area (Å²) < 4.78 is 9.83. The fraction of sp³-hybridized carbons (Fsp3) is 0.417. The van der Waals surface area contributed by atoms with Gasteiger partial charge in [0.2, 0.25) is 0 Å². The number of nitriles is 2. The van der Waals surface area contributed by atoms with Crippen molar-refractivity contribution in [1.82, 2.24) is 0 Å². The molecule has 3 aliphatic carbocycles. The van der Waals surface area contributed by atoms with Crippen molar-refractivity contribution in [3.05, 3.63) is 59.7 Å². The maximum absolute atomic E-state index is 8.66. The minimum Gasteiger partial charge on any atom is -0.388 e. The quantitative estimate of drug-likeness (QED) is 0.681. The largest absolute Gasteiger partial charge is 0.388 e. The Labute approximate surface area is 165 Å². The van der Waals surface area contributed by atoms with E-state index in [1.165, 1.54) is 36.8 Å². The monoisotopic (exact) mass is 370 g/mol. The summed E-state index contributed by atoms with van der Waals surface area (Å²) >= 11 is 0. The van der Waals surface area contributed by atoms with Gasteiger partial charge in [0.1, 0.15) is 11.5 Å². The van der Waals surface area contributed by atoms with E-state index in [4.69, 9.17) is 20.0 Å². The molecule has 0 amide bonds. The van der Waals surface area contributed by atoms with Gasteiger partial charge in [0.15, 0.2) is 0 Å². The third-order valence-electron chi connectivity index (χ3n) is 7.45. The molecule has 2 bridgehead atoms. The lowest BCUT2D eigenvalue weighted by atomic mass is 9.73. The van der Waals surface area contributed by atoms with Crippen molar-refractivity contribution >= 4 is 0 Å². The highest BCUT2D eigenvalue weighted by Gasteiger charge is 2.56. The second kappa shape index (κ2) is 6.88. The van der Waals surface area contributed by atoms with Crippen molar-refractivity contribution < 1.29 is 9.47 Å². The fourth-order valence-corrected chi connectivity index (χ4v) is 6.42. The van der Waals surface area contributed by atoms with E-state index in [2.05, 4.69) is 24.3 Å². The number of fused-ring (bicyclic) bond motifs is 5. The molecule has 3 saturated carbocycles. The summed E-state index contributed by atoms with van der Waals surface area (Å²) in [5.74, 6) is 5.83. The topological polar surface area (TPSA) is 66.0 Å². The molecule has 0 unspecified atom stereocenters. The van der Waals surface area contributed by atoms with E-state index in [1.807, 2.05) is 24.3 Å². The van der Waals surface area contributed by atoms with Gasteiger partial charge in [-0.15, -0.1) is 10.5 Å². The first kappa shape index (κ1) is 17.1. The van der Waals surface area contributed by atoms with Gasteiger partial charge < -0.3 is 9.47 Å². The zero-order valence-corrected chi connectivity index (χ0v) is 15.6. The predicted octanol–water partition coefficient (Wildman–Crippen LogP) is 5.34. The van der Waals surface area contributed by atoms with Gasteiger partial charge in [0.05, 0.1) is 0 Å². The van der Waals surface area contributed by atoms with Crippen LogP contribution in [0.4, 0.5) is 0 Å². The van der Waals surface area contributed by atoms with Crippen molar-refractivity contribution in [2.75, 3.05) is 0 Å². The standard InChI is InChI=1S/C24H22N2O2/c25-13-27-19-5-1-15(2-6-19)17-9-22-18-11-21(24(12-18)23(22)10-17)16-3-7-20(8-4-16)28-14-26/h1-8,17-18,21-24H,9-12H2/t17-,18-,21+,22+,23+,24-/m1/s1. The Hall–Kier alpha value is -2.98. The minimum absolute atomic E-state index is 0.619. The Kier molecular flexibility index (Phi) is 4.21. The lowest BCUT2D eigenvalue weighted by Gasteiger charge is -2.31. The molecule has 3 fully saturated rings. The van der Waals surface area contributed by atoms with Crippen molar-refractivity contribution in [1.29, 1.82) is 10.5 Å². The summed E-state index contributed by atoms with van der Waals surface area (Å²) in [7, 11) is 0. The van der Waals surface area contributed by atoms with Crippen LogP contribution in [0.1, 0.15) is 48.6 Å². The number of ether oxygens (including phenoxy) is 2. The first-order valence-corrected chi connectivity index (χ1v) is 10.1. The molecule has 3 aliphatic rings. The van der Waals surface area contributed by atoms with E-state index < -0.39 is 0 Å². The molecule has 0 N–H and O–H groups in total. The zero-order valence-electron chi connectivity index (χ0n) is 15.6. The SMILES string of the molecule is N#COc1ccc([C@H]2C[C@H]3[C@@H](C2)[C@H]2C[C@@H]3[C@H](c3ccc(OC#N)cc3)C2)cc1. The van der Waals surface area contributed by atoms with Crippen LogP contribution in [0.3, 0.4) is 0 Å². The van der Waals surface area contributed by atoms with E-state index in [9.17, 15) is 0 Å². The molecule has 0 saturated heterocycles. The van der Waals surface area contributed by atoms with E-state index in [0.29, 0.717) is 23.3 Å². The third-order valence-corrected chi connectivity index (χ3v) is 7.45. The normalized spacial score (nSPS) is 32.4. The Balaban J connectivity index is 1.30. The molecule has 0 radical (unpaired) electrons. The number of nitrogens with zero attached hydrogens (tertiary/aromatic N) is 2. The Morgan fingerprint density at radius 3 is 1.82 bits per heavy atom. The van der Waals surface area contributed by atoms with Crippen LogP contribution >= 0.6 is 0 Å². The lowest BCUT2D eigenvalue weighted by Crippen LogP contribution is -2.23. The van der Waals surface area contributed by atoms with Crippen LogP contribution in [0.25, 0.3) is 0 Å². The second-order valence-corrected chi connectivity index (χ2v) is 8.52. The summed E-state index contributed by atoms with van der Waals surface area (Å²) in [5.41, 5.74) is 2.78. The number of benzene rings is 2. The van der Waals surface area contributed by atoms with Crippen LogP contribution in [0.5, 0.6) is 11.5 Å². The molecule has 4 nitrogen and oxygen atoms in total. The summed E-state index contributed by atoms with van der Waals surface area (Å²) in [6, 6.07) is 16.2. The molecule has 0 aromatic heterocycles. The maximum atomic E-state index is 8.66. The van der Waals surface area contributed by atoms with Gasteiger partial charge in [-0.25, -0.2) is 0 Å². The van der Waals surface area contributed by atoms with Gasteiger partial charge >= 0.3 is 0 Å². The zero-order chi connectivity index (χ0) is 19.1. The number of hydrogen-bond acceptors (Lipinski definition) is 4. The van der Waals surface area contributed by atoms with Gasteiger partial charge in [0, 0.05) is 0 Å². The van der Waals surface area contributed by atoms with Gasteiger partial charge in [-0.1, -0.05) is 24.3 Å². The first-order valence-electron chi connectivity index (χ1n) is 10.1. The van der Waals surface area contributed by atoms with Crippen molar-refractivity contribution in [3.8, 4) is 24.0 Å². The van der Waals surface area contributed by atoms with Crippen LogP contribution < -0.4 is 9.47 Å².